The van der Waals surface area contributed by atoms with Crippen LogP contribution < -0.4 is 10.6 Å². The maximum absolute atomic E-state index is 13.0. The summed E-state index contributed by atoms with van der Waals surface area (Å²) in [6.45, 7) is 4.69. The Balaban J connectivity index is 1.63. The summed E-state index contributed by atoms with van der Waals surface area (Å²) in [5.74, 6) is 0.343. The van der Waals surface area contributed by atoms with Gasteiger partial charge in [0, 0.05) is 42.5 Å². The number of anilines is 1. The van der Waals surface area contributed by atoms with Crippen molar-refractivity contribution in [3.8, 4) is 11.3 Å². The van der Waals surface area contributed by atoms with Crippen molar-refractivity contribution < 1.29 is 14.6 Å². The molecule has 32 heavy (non-hydrogen) atoms. The molecule has 0 radical (unpaired) electrons. The number of carbonyl (C=O) groups excluding carboxylic acids is 1. The minimum Gasteiger partial charge on any atom is -0.388 e. The maximum atomic E-state index is 13.0. The first kappa shape index (κ1) is 20.4. The van der Waals surface area contributed by atoms with Gasteiger partial charge < -0.3 is 25.0 Å². The number of aromatic nitrogens is 5. The van der Waals surface area contributed by atoms with Gasteiger partial charge in [0.25, 0.3) is 5.91 Å². The molecule has 1 aliphatic heterocycles. The number of aliphatic hydroxyl groups is 1. The number of rotatable bonds is 5. The van der Waals surface area contributed by atoms with Gasteiger partial charge in [-0.1, -0.05) is 0 Å². The highest BCUT2D eigenvalue weighted by molar-refractivity contribution is 6.01. The quantitative estimate of drug-likeness (QED) is 0.438. The fourth-order valence-electron chi connectivity index (χ4n) is 4.05. The van der Waals surface area contributed by atoms with Crippen molar-refractivity contribution in [2.45, 2.75) is 32.0 Å². The van der Waals surface area contributed by atoms with Gasteiger partial charge in [-0.25, -0.2) is 9.97 Å². The van der Waals surface area contributed by atoms with Crippen LogP contribution in [0.5, 0.6) is 0 Å². The lowest BCUT2D eigenvalue weighted by atomic mass is 10.1. The number of pyridine rings is 1. The van der Waals surface area contributed by atoms with Crippen molar-refractivity contribution >= 4 is 28.4 Å². The summed E-state index contributed by atoms with van der Waals surface area (Å²) in [5.41, 5.74) is 3.26. The van der Waals surface area contributed by atoms with E-state index in [1.165, 1.54) is 6.20 Å². The molecule has 166 valence electrons. The van der Waals surface area contributed by atoms with Crippen LogP contribution in [-0.4, -0.2) is 67.6 Å². The number of aliphatic hydroxyl groups excluding tert-OH is 1. The van der Waals surface area contributed by atoms with Gasteiger partial charge in [-0.05, 0) is 26.0 Å². The molecule has 1 unspecified atom stereocenters. The fourth-order valence-corrected chi connectivity index (χ4v) is 4.05. The molecule has 0 spiro atoms. The average Bonchev–Trinajstić information content (AvgIpc) is 3.50. The van der Waals surface area contributed by atoms with Gasteiger partial charge in [-0.2, -0.15) is 9.61 Å². The zero-order chi connectivity index (χ0) is 22.4. The molecule has 10 nitrogen and oxygen atoms in total. The van der Waals surface area contributed by atoms with Gasteiger partial charge in [0.05, 0.1) is 37.3 Å². The Morgan fingerprint density at radius 2 is 2.16 bits per heavy atom. The van der Waals surface area contributed by atoms with E-state index in [4.69, 9.17) is 9.72 Å². The second-order valence-corrected chi connectivity index (χ2v) is 8.17. The molecule has 10 heteroatoms. The van der Waals surface area contributed by atoms with E-state index in [1.54, 1.807) is 17.8 Å². The summed E-state index contributed by atoms with van der Waals surface area (Å²) < 4.78 is 8.94. The van der Waals surface area contributed by atoms with E-state index in [0.717, 1.165) is 16.6 Å². The largest absolute Gasteiger partial charge is 0.388 e. The molecule has 0 bridgehead atoms. The highest BCUT2D eigenvalue weighted by Crippen LogP contribution is 2.32. The van der Waals surface area contributed by atoms with Crippen molar-refractivity contribution in [1.29, 1.82) is 0 Å². The normalized spacial score (nSPS) is 18.7. The highest BCUT2D eigenvalue weighted by atomic mass is 16.5. The van der Waals surface area contributed by atoms with E-state index in [1.807, 2.05) is 24.4 Å². The van der Waals surface area contributed by atoms with Crippen molar-refractivity contribution in [2.75, 3.05) is 25.6 Å². The number of nitrogens with zero attached hydrogens (tertiary/aromatic N) is 5. The molecule has 5 rings (SSSR count). The first-order valence-corrected chi connectivity index (χ1v) is 10.6. The van der Waals surface area contributed by atoms with Gasteiger partial charge in [0.15, 0.2) is 5.65 Å². The van der Waals surface area contributed by atoms with Crippen LogP contribution in [-0.2, 0) is 4.74 Å². The lowest BCUT2D eigenvalue weighted by molar-refractivity contribution is 0.0888. The molecule has 2 atom stereocenters. The van der Waals surface area contributed by atoms with Gasteiger partial charge in [0.1, 0.15) is 17.0 Å². The number of hydrogen-bond donors (Lipinski definition) is 3. The van der Waals surface area contributed by atoms with Crippen LogP contribution in [0.1, 0.15) is 30.2 Å². The Hall–Kier alpha value is -3.50. The number of fused-ring (bicyclic) bond motifs is 2. The van der Waals surface area contributed by atoms with Crippen molar-refractivity contribution in [1.82, 2.24) is 29.5 Å². The molecule has 0 aliphatic carbocycles. The van der Waals surface area contributed by atoms with E-state index in [-0.39, 0.29) is 25.2 Å². The van der Waals surface area contributed by atoms with E-state index in [0.29, 0.717) is 22.7 Å². The number of nitrogens with one attached hydrogen (secondary N) is 2. The summed E-state index contributed by atoms with van der Waals surface area (Å²) >= 11 is 0. The SMILES string of the molecule is CNc1cc(-c2cn(C(C)C)c3ncccc23)nc2c(C(=O)NC3COC[C@@H]3O)cnn12. The second kappa shape index (κ2) is 7.88. The van der Waals surface area contributed by atoms with Crippen LogP contribution in [0.15, 0.2) is 36.8 Å². The monoisotopic (exact) mass is 435 g/mol. The molecule has 1 fully saturated rings. The van der Waals surface area contributed by atoms with E-state index < -0.39 is 12.1 Å². The molecule has 1 saturated heterocycles. The predicted molar refractivity (Wildman–Crippen MR) is 120 cm³/mol. The zero-order valence-electron chi connectivity index (χ0n) is 18.1. The summed E-state index contributed by atoms with van der Waals surface area (Å²) in [5, 5.41) is 21.3. The number of ether oxygens (including phenoxy) is 1. The minimum atomic E-state index is -0.730. The smallest absolute Gasteiger partial charge is 0.257 e. The zero-order valence-corrected chi connectivity index (χ0v) is 18.1. The molecule has 4 aromatic rings. The highest BCUT2D eigenvalue weighted by Gasteiger charge is 2.29. The van der Waals surface area contributed by atoms with Gasteiger partial charge in [-0.3, -0.25) is 4.79 Å². The first-order chi connectivity index (χ1) is 15.5. The van der Waals surface area contributed by atoms with Crippen molar-refractivity contribution in [3.05, 3.63) is 42.4 Å². The molecule has 0 aromatic carbocycles. The number of amides is 1. The third-order valence-corrected chi connectivity index (χ3v) is 5.76. The van der Waals surface area contributed by atoms with Crippen LogP contribution >= 0.6 is 0 Å². The maximum Gasteiger partial charge on any atom is 0.257 e. The Morgan fingerprint density at radius 3 is 2.88 bits per heavy atom. The van der Waals surface area contributed by atoms with Crippen LogP contribution in [0.2, 0.25) is 0 Å². The van der Waals surface area contributed by atoms with Crippen LogP contribution in [0, 0.1) is 0 Å². The van der Waals surface area contributed by atoms with Gasteiger partial charge in [0.2, 0.25) is 0 Å². The van der Waals surface area contributed by atoms with Gasteiger partial charge in [-0.15, -0.1) is 0 Å². The predicted octanol–water partition coefficient (Wildman–Crippen LogP) is 1.86. The molecule has 0 saturated carbocycles. The molecular weight excluding hydrogens is 410 g/mol. The first-order valence-electron chi connectivity index (χ1n) is 10.6. The Kier molecular flexibility index (Phi) is 5.03. The number of carbonyl (C=O) groups is 1. The molecule has 5 heterocycles. The Labute approximate surface area is 184 Å². The summed E-state index contributed by atoms with van der Waals surface area (Å²) in [4.78, 5) is 22.3. The lowest BCUT2D eigenvalue weighted by Gasteiger charge is -2.14. The number of hydrogen-bond acceptors (Lipinski definition) is 7. The van der Waals surface area contributed by atoms with E-state index in [9.17, 15) is 9.90 Å². The van der Waals surface area contributed by atoms with Crippen molar-refractivity contribution in [3.63, 3.8) is 0 Å². The van der Waals surface area contributed by atoms with Crippen LogP contribution in [0.25, 0.3) is 27.9 Å². The Bertz CT molecular complexity index is 1310. The molecule has 1 amide bonds. The van der Waals surface area contributed by atoms with E-state index in [2.05, 4.69) is 39.1 Å². The lowest BCUT2D eigenvalue weighted by Crippen LogP contribution is -2.42. The van der Waals surface area contributed by atoms with Crippen molar-refractivity contribution in [2.24, 2.45) is 0 Å². The van der Waals surface area contributed by atoms with E-state index >= 15 is 0 Å². The third-order valence-electron chi connectivity index (χ3n) is 5.76. The summed E-state index contributed by atoms with van der Waals surface area (Å²) in [6.07, 6.45) is 4.58. The molecular formula is C22H25N7O3. The van der Waals surface area contributed by atoms with Crippen LogP contribution in [0.4, 0.5) is 5.82 Å². The third kappa shape index (κ3) is 3.28. The summed E-state index contributed by atoms with van der Waals surface area (Å²) in [7, 11) is 1.80. The molecule has 4 aromatic heterocycles. The topological polar surface area (TPSA) is 119 Å². The Morgan fingerprint density at radius 1 is 1.31 bits per heavy atom. The standard InChI is InChI=1S/C22H25N7O3/c1-12(2)28-9-15(13-5-4-6-24-20(13)28)16-7-19(23-3)29-21(26-16)14(8-25-29)22(31)27-17-10-32-11-18(17)30/h4-9,12,17-18,23,30H,10-11H2,1-3H3,(H,27,31)/t17?,18-/m0/s1. The minimum absolute atomic E-state index is 0.208. The van der Waals surface area contributed by atoms with Gasteiger partial charge >= 0.3 is 0 Å². The second-order valence-electron chi connectivity index (χ2n) is 8.17. The molecule has 1 aliphatic rings. The van der Waals surface area contributed by atoms with Crippen LogP contribution in [0.3, 0.4) is 0 Å². The summed E-state index contributed by atoms with van der Waals surface area (Å²) in [6, 6.07) is 5.60. The average molecular weight is 435 g/mol. The molecule has 3 N–H and O–H groups in total. The fraction of sp³-hybridized carbons (Fsp3) is 0.364.